The molecule has 0 saturated heterocycles. The Kier molecular flexibility index (Phi) is 46.1. The van der Waals surface area contributed by atoms with Crippen LogP contribution in [-0.4, -0.2) is 152 Å². The first-order valence-electron chi connectivity index (χ1n) is 40.1. The molecule has 0 saturated carbocycles. The van der Waals surface area contributed by atoms with Gasteiger partial charge in [0.2, 0.25) is 0 Å². The number of esters is 3. The molecule has 694 valence electrons. The maximum absolute atomic E-state index is 13.3. The lowest BCUT2D eigenvalue weighted by molar-refractivity contribution is 0.0585. The molecular weight excluding hydrogens is 2030 g/mol. The van der Waals surface area contributed by atoms with E-state index < -0.39 is 47.3 Å². The van der Waals surface area contributed by atoms with Gasteiger partial charge in [-0.3, -0.25) is 9.59 Å². The summed E-state index contributed by atoms with van der Waals surface area (Å²) in [5, 5.41) is 80.8. The highest BCUT2D eigenvalue weighted by Gasteiger charge is 2.28. The Morgan fingerprint density at radius 2 is 0.538 bits per heavy atom. The SMILES string of the molecule is BrBr.CCCCN(C)C(=O)c1cc(C(=O)O)c(OCc2ccccc2)cc1OCc1ccccc1.CCCCN(C)C(=O)c1cc(C(=O)OC)c(OCc2ccccc2)cc1OCc1ccccc1.COC(=O)c1cc(Br)c(O)cc1O.COC(=O)c1cc(Br)c(OCc2ccccc2)cc1OCc1ccccc1.O=C(O)c1cc(Br)c(O)cc1O.O=C(O)c1ccc(O)cc1O. The largest absolute Gasteiger partial charge is 0.508 e. The van der Waals surface area contributed by atoms with Gasteiger partial charge in [0, 0.05) is 91.8 Å². The van der Waals surface area contributed by atoms with Crippen molar-refractivity contribution in [1.29, 1.82) is 0 Å². The summed E-state index contributed by atoms with van der Waals surface area (Å²) >= 11 is 14.9. The first-order valence-corrected chi connectivity index (χ1v) is 46.2. The van der Waals surface area contributed by atoms with Crippen molar-refractivity contribution in [3.8, 4) is 69.0 Å². The van der Waals surface area contributed by atoms with E-state index >= 15 is 0 Å². The van der Waals surface area contributed by atoms with E-state index in [9.17, 15) is 48.6 Å². The van der Waals surface area contributed by atoms with E-state index in [1.165, 1.54) is 51.7 Å². The average molecular weight is 2130 g/mol. The van der Waals surface area contributed by atoms with E-state index in [1.807, 2.05) is 189 Å². The van der Waals surface area contributed by atoms with Crippen LogP contribution in [0.4, 0.5) is 0 Å². The zero-order valence-corrected chi connectivity index (χ0v) is 80.5. The number of hydrogen-bond acceptors (Lipinski definition) is 23. The molecule has 0 bridgehead atoms. The number of amides is 2. The molecule has 12 rings (SSSR count). The number of hydrogen-bond donors (Lipinski definition) is 9. The van der Waals surface area contributed by atoms with Crippen molar-refractivity contribution in [1.82, 2.24) is 9.80 Å². The predicted octanol–water partition coefficient (Wildman–Crippen LogP) is 22.0. The highest BCUT2D eigenvalue weighted by atomic mass is 80.9. The van der Waals surface area contributed by atoms with Crippen molar-refractivity contribution < 1.29 is 127 Å². The lowest BCUT2D eigenvalue weighted by atomic mass is 10.1. The highest BCUT2D eigenvalue weighted by molar-refractivity contribution is 9.93. The number of methoxy groups -OCH3 is 3. The molecule has 33 heteroatoms. The van der Waals surface area contributed by atoms with E-state index in [0.717, 1.165) is 89.4 Å². The Balaban J connectivity index is 0.000000255. The molecule has 12 aromatic rings. The molecule has 0 aliphatic heterocycles. The van der Waals surface area contributed by atoms with Crippen LogP contribution in [-0.2, 0) is 53.9 Å². The van der Waals surface area contributed by atoms with E-state index in [-0.39, 0.29) is 105 Å². The van der Waals surface area contributed by atoms with E-state index in [1.54, 1.807) is 42.1 Å². The number of benzene rings is 12. The first-order chi connectivity index (χ1) is 63.4. The van der Waals surface area contributed by atoms with Crippen LogP contribution in [0.3, 0.4) is 0 Å². The summed E-state index contributed by atoms with van der Waals surface area (Å²) in [6.45, 7) is 7.01. The second kappa shape index (κ2) is 56.8. The number of phenols is 6. The van der Waals surface area contributed by atoms with Crippen LogP contribution in [0.25, 0.3) is 0 Å². The van der Waals surface area contributed by atoms with Gasteiger partial charge in [0.05, 0.1) is 45.9 Å². The third-order valence-electron chi connectivity index (χ3n) is 18.5. The summed E-state index contributed by atoms with van der Waals surface area (Å²) in [4.78, 5) is 98.1. The van der Waals surface area contributed by atoms with Gasteiger partial charge >= 0.3 is 35.8 Å². The van der Waals surface area contributed by atoms with Gasteiger partial charge in [-0.15, -0.1) is 0 Å². The number of unbranched alkanes of at least 4 members (excludes halogenated alkanes) is 2. The van der Waals surface area contributed by atoms with Gasteiger partial charge in [0.25, 0.3) is 11.8 Å². The summed E-state index contributed by atoms with van der Waals surface area (Å²) in [5.74, 6) is -5.43. The number of ether oxygens (including phenoxy) is 9. The van der Waals surface area contributed by atoms with Gasteiger partial charge < -0.3 is 98.4 Å². The molecule has 28 nitrogen and oxygen atoms in total. The molecule has 0 atom stereocenters. The number of nitrogens with zero attached hydrogens (tertiary/aromatic N) is 2. The number of rotatable bonds is 32. The fourth-order valence-electron chi connectivity index (χ4n) is 11.5. The minimum Gasteiger partial charge on any atom is -0.508 e. The van der Waals surface area contributed by atoms with Gasteiger partial charge in [0.1, 0.15) is 142 Å². The summed E-state index contributed by atoms with van der Waals surface area (Å²) in [5.41, 5.74) is 6.27. The number of aromatic hydroxyl groups is 6. The monoisotopic (exact) mass is 2120 g/mol. The number of carboxylic acid groups (broad SMARTS) is 3. The van der Waals surface area contributed by atoms with Crippen LogP contribution in [0, 0.1) is 0 Å². The molecule has 0 spiro atoms. The van der Waals surface area contributed by atoms with E-state index in [0.29, 0.717) is 75.1 Å². The third kappa shape index (κ3) is 34.7. The van der Waals surface area contributed by atoms with Crippen molar-refractivity contribution in [2.24, 2.45) is 0 Å². The fraction of sp³-hybridized carbons (Fsp3) is 0.192. The molecule has 0 heterocycles. The van der Waals surface area contributed by atoms with Crippen LogP contribution in [0.1, 0.15) is 156 Å². The van der Waals surface area contributed by atoms with Crippen molar-refractivity contribution in [2.75, 3.05) is 48.5 Å². The number of carbonyl (C=O) groups excluding carboxylic acids is 5. The zero-order valence-electron chi connectivity index (χ0n) is 72.6. The molecule has 0 fully saturated rings. The lowest BCUT2D eigenvalue weighted by Gasteiger charge is -2.21. The normalized spacial score (nSPS) is 10.1. The second-order valence-corrected chi connectivity index (χ2v) is 30.6. The minimum atomic E-state index is -1.24. The van der Waals surface area contributed by atoms with E-state index in [2.05, 4.69) is 87.7 Å². The summed E-state index contributed by atoms with van der Waals surface area (Å²) in [6.07, 6.45) is 3.65. The number of carbonyl (C=O) groups is 8. The Morgan fingerprint density at radius 1 is 0.280 bits per heavy atom. The molecule has 132 heavy (non-hydrogen) atoms. The van der Waals surface area contributed by atoms with Crippen molar-refractivity contribution in [2.45, 2.75) is 79.2 Å². The molecule has 0 aliphatic rings. The Hall–Kier alpha value is -13.6. The maximum Gasteiger partial charge on any atom is 0.341 e. The van der Waals surface area contributed by atoms with Gasteiger partial charge in [-0.05, 0) is 136 Å². The fourth-order valence-corrected chi connectivity index (χ4v) is 12.6. The summed E-state index contributed by atoms with van der Waals surface area (Å²) in [7, 11) is 7.31. The van der Waals surface area contributed by atoms with Crippen LogP contribution in [0.5, 0.6) is 69.0 Å². The van der Waals surface area contributed by atoms with Crippen molar-refractivity contribution in [3.05, 3.63) is 352 Å². The summed E-state index contributed by atoms with van der Waals surface area (Å²) < 4.78 is 51.2. The van der Waals surface area contributed by atoms with Crippen LogP contribution in [0.2, 0.25) is 0 Å². The molecule has 9 N–H and O–H groups in total. The highest BCUT2D eigenvalue weighted by Crippen LogP contribution is 2.39. The topological polar surface area (TPSA) is 408 Å². The minimum absolute atomic E-state index is 0.00664. The Bertz CT molecular complexity index is 5750. The average Bonchev–Trinajstić information content (AvgIpc) is 0.804. The maximum atomic E-state index is 13.3. The molecule has 0 aromatic heterocycles. The van der Waals surface area contributed by atoms with Gasteiger partial charge in [-0.25, -0.2) is 28.8 Å². The molecule has 0 aliphatic carbocycles. The molecule has 2 amide bonds. The van der Waals surface area contributed by atoms with Gasteiger partial charge in [-0.2, -0.15) is 0 Å². The number of halogens is 5. The smallest absolute Gasteiger partial charge is 0.341 e. The molecule has 12 aromatic carbocycles. The molecule has 0 unspecified atom stereocenters. The zero-order chi connectivity index (χ0) is 96.8. The van der Waals surface area contributed by atoms with Gasteiger partial charge in [-0.1, -0.05) is 209 Å². The molecular formula is C99H97Br5N2O26. The van der Waals surface area contributed by atoms with Gasteiger partial charge in [0.15, 0.2) is 0 Å². The van der Waals surface area contributed by atoms with Crippen LogP contribution in [0.15, 0.2) is 274 Å². The quantitative estimate of drug-likeness (QED) is 0.0140. The Labute approximate surface area is 803 Å². The number of aromatic carboxylic acids is 3. The number of carboxylic acids is 3. The molecule has 0 radical (unpaired) electrons. The van der Waals surface area contributed by atoms with Crippen LogP contribution < -0.4 is 28.4 Å². The lowest BCUT2D eigenvalue weighted by Crippen LogP contribution is -2.28. The Morgan fingerprint density at radius 3 is 0.848 bits per heavy atom. The summed E-state index contributed by atoms with van der Waals surface area (Å²) in [6, 6.07) is 75.1. The van der Waals surface area contributed by atoms with Crippen molar-refractivity contribution in [3.63, 3.8) is 0 Å². The standard InChI is InChI=1S/C28H31NO5.C27H29NO5.C22H19BrO4.C8H7BrO4.C7H5BrO4.C7H6O4.Br2/c1-4-5-16-29(2)27(30)23-17-24(28(31)32-3)26(34-20-22-14-10-7-11-15-22)18-25(23)33-19-21-12-8-6-9-13-21;1-3-4-15-28(2)26(29)22-16-23(27(30)31)25(33-19-21-13-9-6-10-14-21)17-24(22)32-18-20-11-7-5-8-12-20;1-25-22(24)18-12-19(23)21(27-15-17-10-6-3-7-11-17)13-20(18)26-14-16-8-4-2-5-9-16;1-13-8(12)4-2-5(9)7(11)3-6(4)10;8-4-1-3(7(11)12)5(9)2-6(4)10;8-4-1-2-5(7(10)11)6(9)3-4;1-2/h6-15,17-18H,4-5,16,19-20H2,1-3H3;5-14,16-17H,3-4,15,18-19H2,1-2H3,(H,30,31);2-13H,14-15H2,1H3;2-3,10-11H,1H3;1-2,9-10H,(H,11,12);1-3,8-9H,(H,10,11);. The van der Waals surface area contributed by atoms with Crippen LogP contribution >= 0.6 is 76.0 Å². The number of phenolic OH excluding ortho intramolecular Hbond substituents is 4. The van der Waals surface area contributed by atoms with E-state index in [4.69, 9.17) is 73.6 Å². The first kappa shape index (κ1) is 107. The van der Waals surface area contributed by atoms with Crippen molar-refractivity contribution >= 4 is 124 Å². The third-order valence-corrected chi connectivity index (χ3v) is 20.4. The second-order valence-electron chi connectivity index (χ2n) is 28.0. The predicted molar refractivity (Wildman–Crippen MR) is 513 cm³/mol.